The molecule has 5 nitrogen and oxygen atoms in total. The Labute approximate surface area is 158 Å². The molecule has 25 heavy (non-hydrogen) atoms. The molecule has 2 N–H and O–H groups in total. The molecule has 0 aromatic heterocycles. The molecular formula is C19H34ClN3O2. The van der Waals surface area contributed by atoms with Crippen LogP contribution in [0.3, 0.4) is 0 Å². The van der Waals surface area contributed by atoms with Gasteiger partial charge in [-0.3, -0.25) is 14.5 Å². The molecule has 1 spiro atoms. The van der Waals surface area contributed by atoms with Crippen molar-refractivity contribution in [1.82, 2.24) is 15.5 Å². The second-order valence-electron chi connectivity index (χ2n) is 8.19. The van der Waals surface area contributed by atoms with Crippen LogP contribution in [0.1, 0.15) is 58.3 Å². The minimum Gasteiger partial charge on any atom is -0.317 e. The van der Waals surface area contributed by atoms with Crippen LogP contribution >= 0.6 is 12.4 Å². The molecule has 144 valence electrons. The van der Waals surface area contributed by atoms with Crippen molar-refractivity contribution in [2.24, 2.45) is 5.41 Å². The Morgan fingerprint density at radius 2 is 1.92 bits per heavy atom. The van der Waals surface area contributed by atoms with Crippen LogP contribution in [0.25, 0.3) is 0 Å². The minimum absolute atomic E-state index is 0. The molecule has 1 aliphatic carbocycles. The molecule has 0 aromatic rings. The average Bonchev–Trinajstić information content (AvgIpc) is 2.59. The van der Waals surface area contributed by atoms with Crippen molar-refractivity contribution in [3.63, 3.8) is 0 Å². The summed E-state index contributed by atoms with van der Waals surface area (Å²) in [4.78, 5) is 27.6. The summed E-state index contributed by atoms with van der Waals surface area (Å²) in [5, 5.41) is 7.18. The van der Waals surface area contributed by atoms with Crippen molar-refractivity contribution in [2.45, 2.75) is 69.9 Å². The first kappa shape index (κ1) is 20.8. The molecule has 0 radical (unpaired) electrons. The third-order valence-corrected chi connectivity index (χ3v) is 6.82. The fraction of sp³-hybridized carbons (Fsp3) is 0.895. The fourth-order valence-electron chi connectivity index (χ4n) is 5.05. The monoisotopic (exact) mass is 371 g/mol. The third kappa shape index (κ3) is 3.95. The number of rotatable bonds is 4. The van der Waals surface area contributed by atoms with Gasteiger partial charge in [0, 0.05) is 43.9 Å². The van der Waals surface area contributed by atoms with E-state index < -0.39 is 5.41 Å². The molecule has 0 amide bonds. The number of ketones is 2. The van der Waals surface area contributed by atoms with E-state index in [9.17, 15) is 9.59 Å². The van der Waals surface area contributed by atoms with Gasteiger partial charge < -0.3 is 10.6 Å². The number of nitrogens with one attached hydrogen (secondary N) is 2. The lowest BCUT2D eigenvalue weighted by molar-refractivity contribution is -0.144. The smallest absolute Gasteiger partial charge is 0.141 e. The topological polar surface area (TPSA) is 61.4 Å². The van der Waals surface area contributed by atoms with Crippen molar-refractivity contribution in [3.05, 3.63) is 0 Å². The van der Waals surface area contributed by atoms with Crippen LogP contribution in [0.4, 0.5) is 0 Å². The lowest BCUT2D eigenvalue weighted by atomic mass is 9.63. The number of hydrogen-bond acceptors (Lipinski definition) is 5. The maximum Gasteiger partial charge on any atom is 0.141 e. The Balaban J connectivity index is 0.00000225. The number of carbonyl (C=O) groups is 2. The van der Waals surface area contributed by atoms with E-state index in [-0.39, 0.29) is 29.8 Å². The summed E-state index contributed by atoms with van der Waals surface area (Å²) in [6.07, 6.45) is 6.60. The van der Waals surface area contributed by atoms with Crippen LogP contribution < -0.4 is 10.6 Å². The molecule has 2 atom stereocenters. The van der Waals surface area contributed by atoms with Crippen molar-refractivity contribution in [3.8, 4) is 0 Å². The molecule has 1 saturated carbocycles. The van der Waals surface area contributed by atoms with Gasteiger partial charge in [0.25, 0.3) is 0 Å². The summed E-state index contributed by atoms with van der Waals surface area (Å²) < 4.78 is 0. The Hall–Kier alpha value is -0.490. The summed E-state index contributed by atoms with van der Waals surface area (Å²) in [6, 6.07) is 0.117. The molecule has 6 heteroatoms. The Bertz CT molecular complexity index is 493. The fourth-order valence-corrected chi connectivity index (χ4v) is 5.05. The molecule has 1 unspecified atom stereocenters. The highest BCUT2D eigenvalue weighted by Gasteiger charge is 2.52. The van der Waals surface area contributed by atoms with E-state index in [1.54, 1.807) is 0 Å². The summed E-state index contributed by atoms with van der Waals surface area (Å²) in [6.45, 7) is 6.10. The Kier molecular flexibility index (Phi) is 7.05. The zero-order valence-corrected chi connectivity index (χ0v) is 16.6. The van der Waals surface area contributed by atoms with Crippen molar-refractivity contribution < 1.29 is 9.59 Å². The average molecular weight is 372 g/mol. The maximum absolute atomic E-state index is 12.9. The van der Waals surface area contributed by atoms with Gasteiger partial charge in [-0.1, -0.05) is 19.8 Å². The highest BCUT2D eigenvalue weighted by atomic mass is 35.5. The second-order valence-corrected chi connectivity index (χ2v) is 8.19. The lowest BCUT2D eigenvalue weighted by Gasteiger charge is -2.54. The van der Waals surface area contributed by atoms with Crippen molar-refractivity contribution >= 4 is 24.0 Å². The second kappa shape index (κ2) is 8.47. The molecule has 3 aliphatic rings. The third-order valence-electron chi connectivity index (χ3n) is 6.82. The number of likely N-dealkylation sites (N-methyl/N-ethyl adjacent to an activating group) is 1. The zero-order valence-electron chi connectivity index (χ0n) is 15.7. The number of halogens is 1. The highest BCUT2D eigenvalue weighted by Crippen LogP contribution is 2.42. The van der Waals surface area contributed by atoms with Crippen LogP contribution in [-0.4, -0.2) is 61.3 Å². The lowest BCUT2D eigenvalue weighted by Crippen LogP contribution is -2.70. The predicted molar refractivity (Wildman–Crippen MR) is 102 cm³/mol. The largest absolute Gasteiger partial charge is 0.317 e. The van der Waals surface area contributed by atoms with Gasteiger partial charge in [0.1, 0.15) is 11.6 Å². The molecule has 3 fully saturated rings. The van der Waals surface area contributed by atoms with E-state index in [2.05, 4.69) is 29.5 Å². The van der Waals surface area contributed by atoms with E-state index in [0.29, 0.717) is 25.0 Å². The number of unbranched alkanes of at least 4 members (excludes halogenated alkanes) is 1. The highest BCUT2D eigenvalue weighted by molar-refractivity contribution is 5.97. The Morgan fingerprint density at radius 3 is 2.56 bits per heavy atom. The number of carbonyl (C=O) groups excluding carboxylic acids is 2. The normalized spacial score (nSPS) is 33.3. The first-order valence-corrected chi connectivity index (χ1v) is 9.73. The number of Topliss-reactive ketones (excluding diaryl/α,β-unsaturated/α-hetero) is 2. The van der Waals surface area contributed by atoms with Crippen LogP contribution in [0, 0.1) is 5.41 Å². The SMILES string of the molecule is CCCCC1([C@H]2CN(C)C3(CCNCC3)CN2)CC(=O)CCC1=O.Cl. The molecule has 0 bridgehead atoms. The first-order valence-electron chi connectivity index (χ1n) is 9.73. The van der Waals surface area contributed by atoms with Gasteiger partial charge in [-0.05, 0) is 39.4 Å². The van der Waals surface area contributed by atoms with Gasteiger partial charge in [-0.25, -0.2) is 0 Å². The van der Waals surface area contributed by atoms with Crippen molar-refractivity contribution in [2.75, 3.05) is 33.2 Å². The minimum atomic E-state index is -0.464. The van der Waals surface area contributed by atoms with Gasteiger partial charge in [-0.15, -0.1) is 12.4 Å². The summed E-state index contributed by atoms with van der Waals surface area (Å²) >= 11 is 0. The maximum atomic E-state index is 12.9. The van der Waals surface area contributed by atoms with Crippen LogP contribution in [0.15, 0.2) is 0 Å². The molecular weight excluding hydrogens is 338 g/mol. The number of hydrogen-bond donors (Lipinski definition) is 2. The van der Waals surface area contributed by atoms with Gasteiger partial charge >= 0.3 is 0 Å². The van der Waals surface area contributed by atoms with E-state index in [0.717, 1.165) is 58.3 Å². The van der Waals surface area contributed by atoms with Crippen LogP contribution in [0.5, 0.6) is 0 Å². The van der Waals surface area contributed by atoms with E-state index in [1.807, 2.05) is 0 Å². The van der Waals surface area contributed by atoms with Gasteiger partial charge in [0.15, 0.2) is 0 Å². The summed E-state index contributed by atoms with van der Waals surface area (Å²) in [5.41, 5.74) is -0.246. The van der Waals surface area contributed by atoms with Crippen LogP contribution in [0.2, 0.25) is 0 Å². The number of nitrogens with zero attached hydrogens (tertiary/aromatic N) is 1. The molecule has 2 saturated heterocycles. The molecule has 2 aliphatic heterocycles. The summed E-state index contributed by atoms with van der Waals surface area (Å²) in [7, 11) is 2.21. The molecule has 3 rings (SSSR count). The number of piperazine rings is 1. The van der Waals surface area contributed by atoms with E-state index in [1.165, 1.54) is 0 Å². The molecule has 2 heterocycles. The van der Waals surface area contributed by atoms with Crippen LogP contribution in [-0.2, 0) is 9.59 Å². The van der Waals surface area contributed by atoms with Gasteiger partial charge in [0.05, 0.1) is 5.41 Å². The predicted octanol–water partition coefficient (Wildman–Crippen LogP) is 1.93. The first-order chi connectivity index (χ1) is 11.5. The zero-order chi connectivity index (χ0) is 17.2. The Morgan fingerprint density at radius 1 is 1.20 bits per heavy atom. The number of piperidine rings is 1. The summed E-state index contributed by atoms with van der Waals surface area (Å²) in [5.74, 6) is 0.597. The van der Waals surface area contributed by atoms with E-state index in [4.69, 9.17) is 0 Å². The standard InChI is InChI=1S/C19H33N3O2.ClH/c1-3-4-7-19(12-15(23)5-6-17(19)24)16-13-22(2)18(14-21-16)8-10-20-11-9-18;/h16,20-21H,3-14H2,1-2H3;1H/t16-,19?;/m1./s1. The quantitative estimate of drug-likeness (QED) is 0.790. The molecule has 0 aromatic carbocycles. The van der Waals surface area contributed by atoms with Gasteiger partial charge in [0.2, 0.25) is 0 Å². The van der Waals surface area contributed by atoms with Crippen molar-refractivity contribution in [1.29, 1.82) is 0 Å². The van der Waals surface area contributed by atoms with Gasteiger partial charge in [-0.2, -0.15) is 0 Å². The van der Waals surface area contributed by atoms with E-state index >= 15 is 0 Å².